The molecule has 0 aromatic heterocycles. The van der Waals surface area contributed by atoms with Gasteiger partial charge in [0.15, 0.2) is 5.78 Å². The molecular weight excluding hydrogens is 331 g/mol. The Hall–Kier alpha value is -0.700. The Morgan fingerprint density at radius 1 is 1.00 bits per heavy atom. The third-order valence-electron chi connectivity index (χ3n) is 3.75. The number of ketones is 1. The number of halogens is 2. The number of carbonyl (C=O) groups is 1. The van der Waals surface area contributed by atoms with Gasteiger partial charge in [-0.1, -0.05) is 58.3 Å². The molecule has 1 rings (SSSR count). The molecule has 0 aliphatic heterocycles. The zero-order valence-corrected chi connectivity index (χ0v) is 14.6. The van der Waals surface area contributed by atoms with Crippen molar-refractivity contribution >= 4 is 21.7 Å². The van der Waals surface area contributed by atoms with E-state index in [-0.39, 0.29) is 11.6 Å². The first-order chi connectivity index (χ1) is 10.1. The number of unbranched alkanes of at least 4 members (excludes halogenated alkanes) is 8. The van der Waals surface area contributed by atoms with Gasteiger partial charge in [-0.2, -0.15) is 0 Å². The first-order valence-electron chi connectivity index (χ1n) is 8.13. The van der Waals surface area contributed by atoms with Gasteiger partial charge in [-0.25, -0.2) is 4.39 Å². The Bertz CT molecular complexity index is 431. The average molecular weight is 357 g/mol. The number of carbonyl (C=O) groups excluding carboxylic acids is 1. The van der Waals surface area contributed by atoms with E-state index in [0.29, 0.717) is 16.5 Å². The van der Waals surface area contributed by atoms with Gasteiger partial charge in [-0.05, 0) is 40.5 Å². The van der Waals surface area contributed by atoms with Gasteiger partial charge >= 0.3 is 0 Å². The summed E-state index contributed by atoms with van der Waals surface area (Å²) in [4.78, 5) is 12.0. The standard InChI is InChI=1S/C18H26BrFO/c1-2-3-4-5-6-7-8-9-10-11-18(21)15-12-13-17(20)16(19)14-15/h12-14H,2-11H2,1H3. The first kappa shape index (κ1) is 18.3. The van der Waals surface area contributed by atoms with Crippen molar-refractivity contribution in [3.05, 3.63) is 34.1 Å². The molecule has 1 aromatic rings. The van der Waals surface area contributed by atoms with E-state index >= 15 is 0 Å². The molecule has 0 saturated heterocycles. The van der Waals surface area contributed by atoms with E-state index in [9.17, 15) is 9.18 Å². The van der Waals surface area contributed by atoms with Gasteiger partial charge in [0.2, 0.25) is 0 Å². The lowest BCUT2D eigenvalue weighted by Crippen LogP contribution is -1.99. The zero-order valence-electron chi connectivity index (χ0n) is 13.0. The predicted octanol–water partition coefficient (Wildman–Crippen LogP) is 6.69. The van der Waals surface area contributed by atoms with Crippen molar-refractivity contribution in [2.24, 2.45) is 0 Å². The SMILES string of the molecule is CCCCCCCCCCCC(=O)c1ccc(F)c(Br)c1. The molecule has 0 saturated carbocycles. The smallest absolute Gasteiger partial charge is 0.162 e. The summed E-state index contributed by atoms with van der Waals surface area (Å²) in [6.45, 7) is 2.23. The van der Waals surface area contributed by atoms with Gasteiger partial charge in [0, 0.05) is 12.0 Å². The van der Waals surface area contributed by atoms with Crippen LogP contribution < -0.4 is 0 Å². The highest BCUT2D eigenvalue weighted by atomic mass is 79.9. The lowest BCUT2D eigenvalue weighted by Gasteiger charge is -2.03. The van der Waals surface area contributed by atoms with Crippen molar-refractivity contribution in [1.29, 1.82) is 0 Å². The fourth-order valence-corrected chi connectivity index (χ4v) is 2.79. The molecule has 0 atom stereocenters. The Morgan fingerprint density at radius 2 is 1.57 bits per heavy atom. The average Bonchev–Trinajstić information content (AvgIpc) is 2.48. The number of hydrogen-bond acceptors (Lipinski definition) is 1. The van der Waals surface area contributed by atoms with E-state index in [4.69, 9.17) is 0 Å². The van der Waals surface area contributed by atoms with Crippen LogP contribution in [-0.4, -0.2) is 5.78 Å². The molecule has 0 radical (unpaired) electrons. The molecule has 3 heteroatoms. The number of hydrogen-bond donors (Lipinski definition) is 0. The largest absolute Gasteiger partial charge is 0.294 e. The molecule has 0 N–H and O–H groups in total. The Balaban J connectivity index is 2.09. The van der Waals surface area contributed by atoms with Crippen molar-refractivity contribution < 1.29 is 9.18 Å². The molecule has 21 heavy (non-hydrogen) atoms. The molecule has 0 unspecified atom stereocenters. The summed E-state index contributed by atoms with van der Waals surface area (Å²) in [5.41, 5.74) is 0.600. The van der Waals surface area contributed by atoms with Crippen molar-refractivity contribution in [2.75, 3.05) is 0 Å². The van der Waals surface area contributed by atoms with Crippen LogP contribution in [0.3, 0.4) is 0 Å². The van der Waals surface area contributed by atoms with Crippen LogP contribution in [0, 0.1) is 5.82 Å². The second kappa shape index (κ2) is 10.9. The molecule has 0 spiro atoms. The van der Waals surface area contributed by atoms with E-state index in [0.717, 1.165) is 12.8 Å². The molecule has 1 aromatic carbocycles. The number of benzene rings is 1. The molecule has 0 bridgehead atoms. The highest BCUT2D eigenvalue weighted by molar-refractivity contribution is 9.10. The first-order valence-corrected chi connectivity index (χ1v) is 8.92. The minimum atomic E-state index is -0.324. The van der Waals surface area contributed by atoms with E-state index in [2.05, 4.69) is 22.9 Å². The van der Waals surface area contributed by atoms with E-state index in [1.807, 2.05) is 0 Å². The molecule has 0 aliphatic rings. The van der Waals surface area contributed by atoms with Crippen LogP contribution >= 0.6 is 15.9 Å². The maximum absolute atomic E-state index is 13.1. The maximum atomic E-state index is 13.1. The minimum Gasteiger partial charge on any atom is -0.294 e. The Kier molecular flexibility index (Phi) is 9.56. The molecule has 0 amide bonds. The van der Waals surface area contributed by atoms with E-state index < -0.39 is 0 Å². The zero-order chi connectivity index (χ0) is 15.5. The monoisotopic (exact) mass is 356 g/mol. The minimum absolute atomic E-state index is 0.110. The highest BCUT2D eigenvalue weighted by Crippen LogP contribution is 2.19. The van der Waals surface area contributed by atoms with Crippen LogP contribution in [0.1, 0.15) is 81.5 Å². The van der Waals surface area contributed by atoms with Crippen molar-refractivity contribution in [3.63, 3.8) is 0 Å². The molecule has 118 valence electrons. The van der Waals surface area contributed by atoms with Gasteiger partial charge < -0.3 is 0 Å². The second-order valence-corrected chi connectivity index (χ2v) is 6.48. The topological polar surface area (TPSA) is 17.1 Å². The van der Waals surface area contributed by atoms with Crippen LogP contribution in [0.25, 0.3) is 0 Å². The lowest BCUT2D eigenvalue weighted by atomic mass is 10.0. The van der Waals surface area contributed by atoms with Crippen LogP contribution in [0.4, 0.5) is 4.39 Å². The van der Waals surface area contributed by atoms with Gasteiger partial charge in [0.05, 0.1) is 4.47 Å². The third kappa shape index (κ3) is 7.75. The molecule has 0 aliphatic carbocycles. The summed E-state index contributed by atoms with van der Waals surface area (Å²) in [6.07, 6.45) is 11.8. The summed E-state index contributed by atoms with van der Waals surface area (Å²) in [5, 5.41) is 0. The fraction of sp³-hybridized carbons (Fsp3) is 0.611. The number of rotatable bonds is 11. The third-order valence-corrected chi connectivity index (χ3v) is 4.36. The quantitative estimate of drug-likeness (QED) is 0.318. The van der Waals surface area contributed by atoms with Crippen molar-refractivity contribution in [3.8, 4) is 0 Å². The van der Waals surface area contributed by atoms with E-state index in [1.165, 1.54) is 51.0 Å². The lowest BCUT2D eigenvalue weighted by molar-refractivity contribution is 0.0979. The molecular formula is C18H26BrFO. The van der Waals surface area contributed by atoms with Gasteiger partial charge in [-0.15, -0.1) is 0 Å². The summed E-state index contributed by atoms with van der Waals surface area (Å²) < 4.78 is 13.5. The van der Waals surface area contributed by atoms with Crippen molar-refractivity contribution in [1.82, 2.24) is 0 Å². The summed E-state index contributed by atoms with van der Waals surface area (Å²) >= 11 is 3.12. The summed E-state index contributed by atoms with van der Waals surface area (Å²) in [7, 11) is 0. The van der Waals surface area contributed by atoms with Crippen LogP contribution in [-0.2, 0) is 0 Å². The normalized spacial score (nSPS) is 10.8. The molecule has 1 nitrogen and oxygen atoms in total. The van der Waals surface area contributed by atoms with Crippen LogP contribution in [0.2, 0.25) is 0 Å². The molecule has 0 fully saturated rings. The van der Waals surface area contributed by atoms with Crippen LogP contribution in [0.15, 0.2) is 22.7 Å². The van der Waals surface area contributed by atoms with Gasteiger partial charge in [0.25, 0.3) is 0 Å². The number of Topliss-reactive ketones (excluding diaryl/α,β-unsaturated/α-hetero) is 1. The van der Waals surface area contributed by atoms with Crippen LogP contribution in [0.5, 0.6) is 0 Å². The fourth-order valence-electron chi connectivity index (χ4n) is 2.41. The predicted molar refractivity (Wildman–Crippen MR) is 90.3 cm³/mol. The summed E-state index contributed by atoms with van der Waals surface area (Å²) in [6, 6.07) is 4.48. The molecule has 0 heterocycles. The van der Waals surface area contributed by atoms with Crippen molar-refractivity contribution in [2.45, 2.75) is 71.1 Å². The summed E-state index contributed by atoms with van der Waals surface area (Å²) in [5.74, 6) is -0.215. The maximum Gasteiger partial charge on any atom is 0.162 e. The van der Waals surface area contributed by atoms with Gasteiger partial charge in [0.1, 0.15) is 5.82 Å². The van der Waals surface area contributed by atoms with Gasteiger partial charge in [-0.3, -0.25) is 4.79 Å². The Morgan fingerprint density at radius 3 is 2.14 bits per heavy atom. The van der Waals surface area contributed by atoms with E-state index in [1.54, 1.807) is 12.1 Å². The highest BCUT2D eigenvalue weighted by Gasteiger charge is 2.08. The Labute approximate surface area is 136 Å². The second-order valence-electron chi connectivity index (χ2n) is 5.63.